The van der Waals surface area contributed by atoms with E-state index in [2.05, 4.69) is 36.6 Å². The Morgan fingerprint density at radius 3 is 2.44 bits per heavy atom. The maximum atomic E-state index is 12.6. The molecular formula is C19H30ClN3O2. The Bertz CT molecular complexity index is 575. The number of carbonyl (C=O) groups is 2. The average molecular weight is 368 g/mol. The smallest absolute Gasteiger partial charge is 0.239 e. The minimum absolute atomic E-state index is 0. The van der Waals surface area contributed by atoms with Crippen molar-refractivity contribution in [1.29, 1.82) is 0 Å². The molecule has 0 aromatic heterocycles. The molecule has 5 nitrogen and oxygen atoms in total. The Morgan fingerprint density at radius 2 is 1.88 bits per heavy atom. The molecule has 2 N–H and O–H groups in total. The number of amides is 2. The largest absolute Gasteiger partial charge is 0.354 e. The van der Waals surface area contributed by atoms with Gasteiger partial charge in [-0.25, -0.2) is 0 Å². The lowest BCUT2D eigenvalue weighted by Crippen LogP contribution is -2.43. The van der Waals surface area contributed by atoms with Crippen LogP contribution in [0.15, 0.2) is 24.3 Å². The zero-order valence-electron chi connectivity index (χ0n) is 15.5. The number of halogens is 1. The lowest BCUT2D eigenvalue weighted by Gasteiger charge is -2.18. The molecular weight excluding hydrogens is 338 g/mol. The van der Waals surface area contributed by atoms with Gasteiger partial charge in [0.25, 0.3) is 0 Å². The summed E-state index contributed by atoms with van der Waals surface area (Å²) in [5.41, 5.74) is 2.12. The van der Waals surface area contributed by atoms with Crippen LogP contribution in [0.25, 0.3) is 0 Å². The number of carbonyl (C=O) groups excluding carboxylic acids is 2. The monoisotopic (exact) mass is 367 g/mol. The molecule has 1 aromatic carbocycles. The van der Waals surface area contributed by atoms with Crippen LogP contribution in [-0.2, 0) is 9.59 Å². The molecule has 140 valence electrons. The van der Waals surface area contributed by atoms with Gasteiger partial charge in [0, 0.05) is 24.8 Å². The molecule has 1 heterocycles. The van der Waals surface area contributed by atoms with Crippen molar-refractivity contribution in [2.24, 2.45) is 5.92 Å². The molecule has 2 rings (SSSR count). The molecule has 2 amide bonds. The molecule has 25 heavy (non-hydrogen) atoms. The highest BCUT2D eigenvalue weighted by molar-refractivity contribution is 6.09. The van der Waals surface area contributed by atoms with E-state index in [0.29, 0.717) is 25.4 Å². The zero-order valence-corrected chi connectivity index (χ0v) is 16.4. The summed E-state index contributed by atoms with van der Waals surface area (Å²) < 4.78 is 0. The van der Waals surface area contributed by atoms with Gasteiger partial charge in [-0.1, -0.05) is 32.9 Å². The summed E-state index contributed by atoms with van der Waals surface area (Å²) in [6, 6.07) is 8.26. The standard InChI is InChI=1S/C19H29N3O2.ClH/c1-5-20-14(4)12-21-18(23)17-10-11-22(19(17)24)16-8-6-15(7-9-16)13(2)3;/h6-9,13-14,17,20H,5,10-12H2,1-4H3,(H,21,23);1H/t14-,17?;/m1./s1. The Hall–Kier alpha value is -1.59. The molecule has 6 heteroatoms. The SMILES string of the molecule is CCN[C@H](C)CNC(=O)C1CCN(c2ccc(C(C)C)cc2)C1=O.Cl. The number of benzene rings is 1. The quantitative estimate of drug-likeness (QED) is 0.728. The molecule has 0 saturated carbocycles. The maximum absolute atomic E-state index is 12.6. The van der Waals surface area contributed by atoms with Crippen LogP contribution in [-0.4, -0.2) is 37.5 Å². The van der Waals surface area contributed by atoms with Crippen LogP contribution in [0.3, 0.4) is 0 Å². The summed E-state index contributed by atoms with van der Waals surface area (Å²) >= 11 is 0. The van der Waals surface area contributed by atoms with Crippen molar-refractivity contribution in [1.82, 2.24) is 10.6 Å². The van der Waals surface area contributed by atoms with Gasteiger partial charge in [-0.15, -0.1) is 12.4 Å². The second kappa shape index (κ2) is 9.78. The maximum Gasteiger partial charge on any atom is 0.239 e. The first-order chi connectivity index (χ1) is 11.4. The second-order valence-electron chi connectivity index (χ2n) is 6.78. The Morgan fingerprint density at radius 1 is 1.24 bits per heavy atom. The first kappa shape index (κ1) is 21.5. The predicted octanol–water partition coefficient (Wildman–Crippen LogP) is 2.70. The predicted molar refractivity (Wildman–Crippen MR) is 104 cm³/mol. The fourth-order valence-corrected chi connectivity index (χ4v) is 3.02. The van der Waals surface area contributed by atoms with Crippen LogP contribution >= 0.6 is 12.4 Å². The Balaban J connectivity index is 0.00000312. The number of hydrogen-bond acceptors (Lipinski definition) is 3. The van der Waals surface area contributed by atoms with E-state index in [1.54, 1.807) is 4.90 Å². The molecule has 0 spiro atoms. The van der Waals surface area contributed by atoms with Crippen molar-refractivity contribution in [3.8, 4) is 0 Å². The van der Waals surface area contributed by atoms with Gasteiger partial charge in [0.15, 0.2) is 0 Å². The molecule has 1 aromatic rings. The average Bonchev–Trinajstić information content (AvgIpc) is 2.94. The van der Waals surface area contributed by atoms with Gasteiger partial charge in [0.05, 0.1) is 0 Å². The number of nitrogens with one attached hydrogen (secondary N) is 2. The van der Waals surface area contributed by atoms with Crippen LogP contribution in [0, 0.1) is 5.92 Å². The van der Waals surface area contributed by atoms with E-state index in [0.717, 1.165) is 12.2 Å². The summed E-state index contributed by atoms with van der Waals surface area (Å²) in [5, 5.41) is 6.13. The fraction of sp³-hybridized carbons (Fsp3) is 0.579. The fourth-order valence-electron chi connectivity index (χ4n) is 3.02. The van der Waals surface area contributed by atoms with Gasteiger partial charge in [-0.2, -0.15) is 0 Å². The third kappa shape index (κ3) is 5.44. The number of anilines is 1. The second-order valence-corrected chi connectivity index (χ2v) is 6.78. The van der Waals surface area contributed by atoms with Crippen molar-refractivity contribution < 1.29 is 9.59 Å². The number of hydrogen-bond donors (Lipinski definition) is 2. The molecule has 0 bridgehead atoms. The van der Waals surface area contributed by atoms with E-state index in [1.165, 1.54) is 5.56 Å². The van der Waals surface area contributed by atoms with Crippen LogP contribution in [0.2, 0.25) is 0 Å². The highest BCUT2D eigenvalue weighted by Gasteiger charge is 2.37. The van der Waals surface area contributed by atoms with Gasteiger partial charge in [-0.3, -0.25) is 9.59 Å². The summed E-state index contributed by atoms with van der Waals surface area (Å²) in [7, 11) is 0. The van der Waals surface area contributed by atoms with Gasteiger partial charge < -0.3 is 15.5 Å². The third-order valence-corrected chi connectivity index (χ3v) is 4.53. The van der Waals surface area contributed by atoms with E-state index in [4.69, 9.17) is 0 Å². The molecule has 1 fully saturated rings. The summed E-state index contributed by atoms with van der Waals surface area (Å²) in [6.45, 7) is 10.3. The van der Waals surface area contributed by atoms with Gasteiger partial charge in [0.2, 0.25) is 11.8 Å². The van der Waals surface area contributed by atoms with E-state index in [9.17, 15) is 9.59 Å². The molecule has 0 aliphatic carbocycles. The Kier molecular flexibility index (Phi) is 8.39. The number of rotatable bonds is 7. The molecule has 1 aliphatic heterocycles. The number of nitrogens with zero attached hydrogens (tertiary/aromatic N) is 1. The van der Waals surface area contributed by atoms with E-state index in [-0.39, 0.29) is 30.3 Å². The zero-order chi connectivity index (χ0) is 17.7. The first-order valence-electron chi connectivity index (χ1n) is 8.86. The van der Waals surface area contributed by atoms with Crippen LogP contribution in [0.4, 0.5) is 5.69 Å². The van der Waals surface area contributed by atoms with Gasteiger partial charge >= 0.3 is 0 Å². The third-order valence-electron chi connectivity index (χ3n) is 4.53. The van der Waals surface area contributed by atoms with Crippen molar-refractivity contribution in [3.05, 3.63) is 29.8 Å². The molecule has 0 radical (unpaired) electrons. The summed E-state index contributed by atoms with van der Waals surface area (Å²) in [6.07, 6.45) is 0.576. The first-order valence-corrected chi connectivity index (χ1v) is 8.86. The highest BCUT2D eigenvalue weighted by atomic mass is 35.5. The topological polar surface area (TPSA) is 61.4 Å². The van der Waals surface area contributed by atoms with Crippen molar-refractivity contribution in [2.45, 2.75) is 46.1 Å². The summed E-state index contributed by atoms with van der Waals surface area (Å²) in [5.74, 6) is -0.360. The van der Waals surface area contributed by atoms with E-state index in [1.807, 2.05) is 26.0 Å². The molecule has 2 atom stereocenters. The van der Waals surface area contributed by atoms with Gasteiger partial charge in [-0.05, 0) is 43.5 Å². The summed E-state index contributed by atoms with van der Waals surface area (Å²) in [4.78, 5) is 26.6. The minimum atomic E-state index is -0.566. The lowest BCUT2D eigenvalue weighted by molar-refractivity contribution is -0.132. The highest BCUT2D eigenvalue weighted by Crippen LogP contribution is 2.27. The molecule has 1 aliphatic rings. The number of likely N-dealkylation sites (N-methyl/N-ethyl adjacent to an activating group) is 1. The van der Waals surface area contributed by atoms with Crippen LogP contribution in [0.1, 0.15) is 45.6 Å². The lowest BCUT2D eigenvalue weighted by atomic mass is 10.0. The van der Waals surface area contributed by atoms with Crippen LogP contribution < -0.4 is 15.5 Å². The van der Waals surface area contributed by atoms with Crippen molar-refractivity contribution in [2.75, 3.05) is 24.5 Å². The Labute approximate surface area is 157 Å². The van der Waals surface area contributed by atoms with Crippen molar-refractivity contribution >= 4 is 29.9 Å². The molecule has 1 saturated heterocycles. The van der Waals surface area contributed by atoms with E-state index < -0.39 is 5.92 Å². The van der Waals surface area contributed by atoms with Crippen LogP contribution in [0.5, 0.6) is 0 Å². The molecule has 1 unspecified atom stereocenters. The van der Waals surface area contributed by atoms with E-state index >= 15 is 0 Å². The minimum Gasteiger partial charge on any atom is -0.354 e. The van der Waals surface area contributed by atoms with Crippen molar-refractivity contribution in [3.63, 3.8) is 0 Å². The normalized spacial score (nSPS) is 18.2. The van der Waals surface area contributed by atoms with Gasteiger partial charge in [0.1, 0.15) is 5.92 Å².